The van der Waals surface area contributed by atoms with E-state index in [4.69, 9.17) is 0 Å². The number of ether oxygens (including phenoxy) is 1. The van der Waals surface area contributed by atoms with Gasteiger partial charge in [-0.1, -0.05) is 13.0 Å². The minimum atomic E-state index is -2.82. The largest absolute Gasteiger partial charge is 0.417 e. The van der Waals surface area contributed by atoms with Crippen molar-refractivity contribution in [1.29, 1.82) is 0 Å². The highest BCUT2D eigenvalue weighted by atomic mass is 19.3. The van der Waals surface area contributed by atoms with Crippen LogP contribution in [0.2, 0.25) is 0 Å². The van der Waals surface area contributed by atoms with E-state index in [9.17, 15) is 8.78 Å². The second-order valence-corrected chi connectivity index (χ2v) is 4.98. The molecule has 1 aromatic heterocycles. The summed E-state index contributed by atoms with van der Waals surface area (Å²) in [7, 11) is 0. The molecule has 5 heteroatoms. The monoisotopic (exact) mass is 266 g/mol. The Morgan fingerprint density at radius 1 is 1.47 bits per heavy atom. The van der Waals surface area contributed by atoms with Crippen molar-refractivity contribution in [3.05, 3.63) is 30.0 Å². The van der Waals surface area contributed by atoms with Crippen LogP contribution in [0.4, 0.5) is 8.78 Å². The van der Waals surface area contributed by atoms with Gasteiger partial charge < -0.3 is 4.74 Å². The molecule has 0 radical (unpaired) electrons. The Hall–Kier alpha value is -1.49. The van der Waals surface area contributed by atoms with E-state index in [0.717, 1.165) is 18.7 Å². The molecular formula is C14H16F2N2O. The van der Waals surface area contributed by atoms with Crippen molar-refractivity contribution in [2.75, 3.05) is 13.1 Å². The third-order valence-electron chi connectivity index (χ3n) is 3.90. The minimum absolute atomic E-state index is 0.0325. The lowest BCUT2D eigenvalue weighted by molar-refractivity contribution is -0.0528. The average Bonchev–Trinajstić information content (AvgIpc) is 2.98. The van der Waals surface area contributed by atoms with Crippen LogP contribution in [-0.2, 0) is 0 Å². The van der Waals surface area contributed by atoms with E-state index in [-0.39, 0.29) is 5.88 Å². The van der Waals surface area contributed by atoms with Gasteiger partial charge in [0, 0.05) is 24.8 Å². The van der Waals surface area contributed by atoms with Crippen molar-refractivity contribution in [2.45, 2.75) is 26.0 Å². The molecule has 0 spiro atoms. The fourth-order valence-electron chi connectivity index (χ4n) is 3.10. The zero-order valence-electron chi connectivity index (χ0n) is 10.7. The predicted molar refractivity (Wildman–Crippen MR) is 68.0 cm³/mol. The number of hydrogen-bond acceptors (Lipinski definition) is 3. The molecule has 1 aromatic rings. The first-order valence-corrected chi connectivity index (χ1v) is 6.54. The van der Waals surface area contributed by atoms with Gasteiger partial charge in [-0.3, -0.25) is 4.90 Å². The first-order chi connectivity index (χ1) is 9.17. The number of likely N-dealkylation sites (N-methyl/N-ethyl adjacent to an activating group) is 1. The lowest BCUT2D eigenvalue weighted by atomic mass is 10.0. The molecule has 2 heterocycles. The fraction of sp³-hybridized carbons (Fsp3) is 0.500. The number of likely N-dealkylation sites (tertiary alicyclic amines) is 1. The van der Waals surface area contributed by atoms with Crippen molar-refractivity contribution >= 4 is 5.57 Å². The number of hydrogen-bond donors (Lipinski definition) is 0. The summed E-state index contributed by atoms with van der Waals surface area (Å²) in [6.07, 6.45) is 5.08. The molecule has 2 atom stereocenters. The van der Waals surface area contributed by atoms with Crippen LogP contribution < -0.4 is 4.74 Å². The molecule has 2 unspecified atom stereocenters. The van der Waals surface area contributed by atoms with Crippen molar-refractivity contribution < 1.29 is 13.5 Å². The second kappa shape index (κ2) is 4.89. The van der Waals surface area contributed by atoms with Gasteiger partial charge in [0.15, 0.2) is 0 Å². The highest BCUT2D eigenvalue weighted by molar-refractivity contribution is 5.72. The summed E-state index contributed by atoms with van der Waals surface area (Å²) >= 11 is 0. The first kappa shape index (κ1) is 12.5. The quantitative estimate of drug-likeness (QED) is 0.838. The molecule has 0 N–H and O–H groups in total. The number of fused-ring (bicyclic) bond motifs is 2. The van der Waals surface area contributed by atoms with E-state index in [1.54, 1.807) is 6.20 Å². The number of rotatable bonds is 4. The summed E-state index contributed by atoms with van der Waals surface area (Å²) < 4.78 is 28.4. The molecule has 102 valence electrons. The van der Waals surface area contributed by atoms with E-state index in [1.165, 1.54) is 18.1 Å². The van der Waals surface area contributed by atoms with Crippen LogP contribution in [0.3, 0.4) is 0 Å². The number of aromatic nitrogens is 1. The summed E-state index contributed by atoms with van der Waals surface area (Å²) in [6, 6.07) is 3.77. The molecule has 0 aromatic carbocycles. The Morgan fingerprint density at radius 2 is 2.32 bits per heavy atom. The van der Waals surface area contributed by atoms with E-state index in [0.29, 0.717) is 12.0 Å². The zero-order valence-corrected chi connectivity index (χ0v) is 10.7. The Kier molecular flexibility index (Phi) is 3.22. The molecule has 1 aliphatic carbocycles. The lowest BCUT2D eigenvalue weighted by Crippen LogP contribution is -2.31. The number of alkyl halides is 2. The number of halogens is 2. The zero-order chi connectivity index (χ0) is 13.4. The first-order valence-electron chi connectivity index (χ1n) is 6.54. The van der Waals surface area contributed by atoms with Gasteiger partial charge in [-0.05, 0) is 36.1 Å². The van der Waals surface area contributed by atoms with E-state index >= 15 is 0 Å². The molecule has 2 aliphatic rings. The maximum atomic E-state index is 12.1. The number of nitrogens with zero attached hydrogens (tertiary/aromatic N) is 2. The molecule has 19 heavy (non-hydrogen) atoms. The molecule has 3 rings (SSSR count). The normalized spacial score (nSPS) is 26.0. The SMILES string of the molecule is CCN1CC2C=C(c3ccc(OC(F)F)nc3)C1C2. The standard InChI is InChI=1S/C14H16F2N2O/c1-2-18-8-9-5-11(12(18)6-9)10-3-4-13(17-7-10)19-14(15)16/h3-5,7,9,12,14H,2,6,8H2,1H3. The molecule has 3 nitrogen and oxygen atoms in total. The topological polar surface area (TPSA) is 25.4 Å². The molecule has 1 aliphatic heterocycles. The van der Waals surface area contributed by atoms with Crippen LogP contribution >= 0.6 is 0 Å². The predicted octanol–water partition coefficient (Wildman–Crippen LogP) is 2.79. The Balaban J connectivity index is 1.78. The van der Waals surface area contributed by atoms with E-state index in [2.05, 4.69) is 27.6 Å². The molecule has 2 bridgehead atoms. The van der Waals surface area contributed by atoms with Gasteiger partial charge in [0.25, 0.3) is 0 Å². The van der Waals surface area contributed by atoms with Gasteiger partial charge in [-0.2, -0.15) is 8.78 Å². The maximum Gasteiger partial charge on any atom is 0.388 e. The summed E-state index contributed by atoms with van der Waals surface area (Å²) in [4.78, 5) is 6.38. The van der Waals surface area contributed by atoms with Crippen LogP contribution in [0, 0.1) is 5.92 Å². The van der Waals surface area contributed by atoms with Crippen LogP contribution in [0.1, 0.15) is 18.9 Å². The summed E-state index contributed by atoms with van der Waals surface area (Å²) in [5, 5.41) is 0. The van der Waals surface area contributed by atoms with Gasteiger partial charge in [-0.15, -0.1) is 0 Å². The Morgan fingerprint density at radius 3 is 2.89 bits per heavy atom. The highest BCUT2D eigenvalue weighted by Gasteiger charge is 2.38. The Bertz CT molecular complexity index is 487. The van der Waals surface area contributed by atoms with Crippen LogP contribution in [0.5, 0.6) is 5.88 Å². The van der Waals surface area contributed by atoms with Crippen LogP contribution in [0.15, 0.2) is 24.4 Å². The van der Waals surface area contributed by atoms with Gasteiger partial charge >= 0.3 is 6.61 Å². The summed E-state index contributed by atoms with van der Waals surface area (Å²) in [6.45, 7) is 1.51. The maximum absolute atomic E-state index is 12.1. The van der Waals surface area contributed by atoms with Gasteiger partial charge in [0.1, 0.15) is 0 Å². The molecule has 1 saturated heterocycles. The van der Waals surface area contributed by atoms with Crippen molar-refractivity contribution in [3.8, 4) is 5.88 Å². The summed E-state index contributed by atoms with van der Waals surface area (Å²) in [5.74, 6) is 0.590. The Labute approximate surface area is 110 Å². The van der Waals surface area contributed by atoms with E-state index in [1.807, 2.05) is 6.07 Å². The van der Waals surface area contributed by atoms with Crippen molar-refractivity contribution in [1.82, 2.24) is 9.88 Å². The highest BCUT2D eigenvalue weighted by Crippen LogP contribution is 2.41. The molecule has 0 amide bonds. The lowest BCUT2D eigenvalue weighted by Gasteiger charge is -2.26. The van der Waals surface area contributed by atoms with E-state index < -0.39 is 6.61 Å². The fourth-order valence-corrected chi connectivity index (χ4v) is 3.10. The third-order valence-corrected chi connectivity index (χ3v) is 3.90. The molecule has 0 saturated carbocycles. The van der Waals surface area contributed by atoms with Gasteiger partial charge in [0.2, 0.25) is 5.88 Å². The van der Waals surface area contributed by atoms with Crippen molar-refractivity contribution in [2.24, 2.45) is 5.92 Å². The summed E-state index contributed by atoms with van der Waals surface area (Å²) in [5.41, 5.74) is 2.28. The van der Waals surface area contributed by atoms with Gasteiger partial charge in [0.05, 0.1) is 0 Å². The average molecular weight is 266 g/mol. The third kappa shape index (κ3) is 2.34. The smallest absolute Gasteiger partial charge is 0.388 e. The van der Waals surface area contributed by atoms with Crippen LogP contribution in [-0.4, -0.2) is 35.6 Å². The van der Waals surface area contributed by atoms with Crippen LogP contribution in [0.25, 0.3) is 5.57 Å². The number of pyridine rings is 1. The minimum Gasteiger partial charge on any atom is -0.417 e. The van der Waals surface area contributed by atoms with Crippen molar-refractivity contribution in [3.63, 3.8) is 0 Å². The molecular weight excluding hydrogens is 250 g/mol. The second-order valence-electron chi connectivity index (χ2n) is 4.98. The van der Waals surface area contributed by atoms with Gasteiger partial charge in [-0.25, -0.2) is 4.98 Å². The molecule has 1 fully saturated rings.